The van der Waals surface area contributed by atoms with E-state index >= 15 is 0 Å². The van der Waals surface area contributed by atoms with Crippen LogP contribution < -0.4 is 10.6 Å². The van der Waals surface area contributed by atoms with Crippen molar-refractivity contribution in [3.63, 3.8) is 0 Å². The van der Waals surface area contributed by atoms with Crippen LogP contribution in [0.15, 0.2) is 35.2 Å². The number of nitrogens with zero attached hydrogens (tertiary/aromatic N) is 2. The first-order chi connectivity index (χ1) is 8.38. The van der Waals surface area contributed by atoms with Gasteiger partial charge in [-0.3, -0.25) is 0 Å². The van der Waals surface area contributed by atoms with E-state index in [1.54, 1.807) is 6.26 Å². The van der Waals surface area contributed by atoms with Gasteiger partial charge in [0.05, 0.1) is 12.8 Å². The Morgan fingerprint density at radius 3 is 2.76 bits per heavy atom. The van der Waals surface area contributed by atoms with Crippen molar-refractivity contribution in [3.05, 3.63) is 36.5 Å². The van der Waals surface area contributed by atoms with E-state index in [9.17, 15) is 0 Å². The summed E-state index contributed by atoms with van der Waals surface area (Å²) in [4.78, 5) is 8.23. The maximum atomic E-state index is 5.22. The Hall–Kier alpha value is -1.69. The average Bonchev–Trinajstić information content (AvgIpc) is 2.87. The third-order valence-electron chi connectivity index (χ3n) is 2.11. The van der Waals surface area contributed by atoms with Crippen molar-refractivity contribution in [1.82, 2.24) is 9.97 Å². The minimum Gasteiger partial charge on any atom is -0.467 e. The van der Waals surface area contributed by atoms with Crippen LogP contribution in [0.1, 0.15) is 5.76 Å². The summed E-state index contributed by atoms with van der Waals surface area (Å²) in [5.41, 5.74) is 0. The van der Waals surface area contributed by atoms with E-state index in [0.29, 0.717) is 6.54 Å². The number of rotatable bonds is 6. The van der Waals surface area contributed by atoms with Crippen LogP contribution in [0.2, 0.25) is 0 Å². The van der Waals surface area contributed by atoms with E-state index in [1.165, 1.54) is 6.33 Å². The van der Waals surface area contributed by atoms with E-state index in [0.717, 1.165) is 29.7 Å². The summed E-state index contributed by atoms with van der Waals surface area (Å²) >= 11 is 4.12. The van der Waals surface area contributed by atoms with Gasteiger partial charge in [-0.25, -0.2) is 9.97 Å². The molecule has 0 saturated heterocycles. The topological polar surface area (TPSA) is 63.0 Å². The van der Waals surface area contributed by atoms with Crippen LogP contribution in [0.25, 0.3) is 0 Å². The largest absolute Gasteiger partial charge is 0.467 e. The van der Waals surface area contributed by atoms with Gasteiger partial charge in [0, 0.05) is 18.4 Å². The molecule has 5 nitrogen and oxygen atoms in total. The summed E-state index contributed by atoms with van der Waals surface area (Å²) in [5.74, 6) is 3.18. The predicted molar refractivity (Wildman–Crippen MR) is 70.4 cm³/mol. The first kappa shape index (κ1) is 11.8. The molecule has 0 spiro atoms. The molecule has 0 radical (unpaired) electrons. The molecule has 2 heterocycles. The molecule has 6 heteroatoms. The number of nitrogens with one attached hydrogen (secondary N) is 2. The summed E-state index contributed by atoms with van der Waals surface area (Å²) in [6.07, 6.45) is 3.17. The van der Waals surface area contributed by atoms with E-state index < -0.39 is 0 Å². The summed E-state index contributed by atoms with van der Waals surface area (Å²) in [5, 5.41) is 6.30. The third-order valence-corrected chi connectivity index (χ3v) is 2.33. The second kappa shape index (κ2) is 6.15. The van der Waals surface area contributed by atoms with Crippen molar-refractivity contribution in [2.24, 2.45) is 0 Å². The molecule has 0 amide bonds. The predicted octanol–water partition coefficient (Wildman–Crippen LogP) is 2.02. The lowest BCUT2D eigenvalue weighted by Crippen LogP contribution is -2.06. The molecule has 2 rings (SSSR count). The summed E-state index contributed by atoms with van der Waals surface area (Å²) < 4.78 is 5.22. The Bertz CT molecular complexity index is 446. The molecular formula is C11H14N4OS. The van der Waals surface area contributed by atoms with Crippen LogP contribution in [0.5, 0.6) is 0 Å². The SMILES string of the molecule is SCCNc1cc(NCc2ccco2)ncn1. The third kappa shape index (κ3) is 3.67. The van der Waals surface area contributed by atoms with Gasteiger partial charge in [-0.15, -0.1) is 0 Å². The van der Waals surface area contributed by atoms with Crippen LogP contribution in [0, 0.1) is 0 Å². The minimum absolute atomic E-state index is 0.607. The molecule has 2 aromatic rings. The van der Waals surface area contributed by atoms with Crippen molar-refractivity contribution in [2.75, 3.05) is 22.9 Å². The fourth-order valence-corrected chi connectivity index (χ4v) is 1.44. The van der Waals surface area contributed by atoms with Crippen LogP contribution in [0.4, 0.5) is 11.6 Å². The van der Waals surface area contributed by atoms with Gasteiger partial charge in [0.1, 0.15) is 23.7 Å². The van der Waals surface area contributed by atoms with Crippen molar-refractivity contribution in [1.29, 1.82) is 0 Å². The lowest BCUT2D eigenvalue weighted by Gasteiger charge is -2.06. The lowest BCUT2D eigenvalue weighted by atomic mass is 10.4. The number of hydrogen-bond donors (Lipinski definition) is 3. The van der Waals surface area contributed by atoms with Crippen molar-refractivity contribution < 1.29 is 4.42 Å². The summed E-state index contributed by atoms with van der Waals surface area (Å²) in [7, 11) is 0. The molecule has 0 bridgehead atoms. The van der Waals surface area contributed by atoms with E-state index in [2.05, 4.69) is 33.2 Å². The molecule has 2 aromatic heterocycles. The highest BCUT2D eigenvalue weighted by Gasteiger charge is 1.99. The van der Waals surface area contributed by atoms with Crippen molar-refractivity contribution in [2.45, 2.75) is 6.54 Å². The monoisotopic (exact) mass is 250 g/mol. The van der Waals surface area contributed by atoms with E-state index in [4.69, 9.17) is 4.42 Å². The van der Waals surface area contributed by atoms with Crippen LogP contribution >= 0.6 is 12.6 Å². The molecule has 17 heavy (non-hydrogen) atoms. The van der Waals surface area contributed by atoms with Crippen molar-refractivity contribution >= 4 is 24.3 Å². The number of thiol groups is 1. The molecule has 0 aliphatic rings. The Kier molecular flexibility index (Phi) is 4.26. The van der Waals surface area contributed by atoms with Crippen LogP contribution in [0.3, 0.4) is 0 Å². The molecule has 0 aliphatic heterocycles. The maximum absolute atomic E-state index is 5.22. The fraction of sp³-hybridized carbons (Fsp3) is 0.273. The number of aromatic nitrogens is 2. The second-order valence-corrected chi connectivity index (χ2v) is 3.82. The molecular weight excluding hydrogens is 236 g/mol. The summed E-state index contributed by atoms with van der Waals surface area (Å²) in [6, 6.07) is 5.62. The molecule has 90 valence electrons. The molecule has 2 N–H and O–H groups in total. The van der Waals surface area contributed by atoms with E-state index in [-0.39, 0.29) is 0 Å². The number of furan rings is 1. The summed E-state index contributed by atoms with van der Waals surface area (Å²) in [6.45, 7) is 1.38. The second-order valence-electron chi connectivity index (χ2n) is 3.37. The Morgan fingerprint density at radius 2 is 2.06 bits per heavy atom. The minimum atomic E-state index is 0.607. The molecule has 0 unspecified atom stereocenters. The molecule has 0 aliphatic carbocycles. The fourth-order valence-electron chi connectivity index (χ4n) is 1.33. The quantitative estimate of drug-likeness (QED) is 0.685. The van der Waals surface area contributed by atoms with E-state index in [1.807, 2.05) is 18.2 Å². The molecule has 0 fully saturated rings. The first-order valence-electron chi connectivity index (χ1n) is 5.31. The van der Waals surface area contributed by atoms with Gasteiger partial charge in [0.25, 0.3) is 0 Å². The first-order valence-corrected chi connectivity index (χ1v) is 5.95. The van der Waals surface area contributed by atoms with Gasteiger partial charge < -0.3 is 15.1 Å². The van der Waals surface area contributed by atoms with Crippen LogP contribution in [-0.2, 0) is 6.54 Å². The zero-order valence-electron chi connectivity index (χ0n) is 9.26. The Balaban J connectivity index is 1.91. The van der Waals surface area contributed by atoms with Gasteiger partial charge >= 0.3 is 0 Å². The van der Waals surface area contributed by atoms with Gasteiger partial charge in [-0.05, 0) is 12.1 Å². The highest BCUT2D eigenvalue weighted by Crippen LogP contribution is 2.10. The number of anilines is 2. The van der Waals surface area contributed by atoms with Gasteiger partial charge in [0.15, 0.2) is 0 Å². The molecule has 0 saturated carbocycles. The highest BCUT2D eigenvalue weighted by molar-refractivity contribution is 7.80. The Morgan fingerprint density at radius 1 is 1.24 bits per heavy atom. The highest BCUT2D eigenvalue weighted by atomic mass is 32.1. The van der Waals surface area contributed by atoms with Gasteiger partial charge in [0.2, 0.25) is 0 Å². The number of hydrogen-bond acceptors (Lipinski definition) is 6. The molecule has 0 atom stereocenters. The standard InChI is InChI=1S/C11H14N4OS/c17-5-3-12-10-6-11(15-8-14-10)13-7-9-2-1-4-16-9/h1-2,4,6,8,17H,3,5,7H2,(H2,12,13,14,15). The zero-order valence-corrected chi connectivity index (χ0v) is 10.2. The maximum Gasteiger partial charge on any atom is 0.131 e. The molecule has 0 aromatic carbocycles. The van der Waals surface area contributed by atoms with Gasteiger partial charge in [-0.1, -0.05) is 0 Å². The normalized spacial score (nSPS) is 10.2. The zero-order chi connectivity index (χ0) is 11.9. The smallest absolute Gasteiger partial charge is 0.131 e. The van der Waals surface area contributed by atoms with Crippen LogP contribution in [-0.4, -0.2) is 22.3 Å². The van der Waals surface area contributed by atoms with Crippen molar-refractivity contribution in [3.8, 4) is 0 Å². The average molecular weight is 250 g/mol. The lowest BCUT2D eigenvalue weighted by molar-refractivity contribution is 0.518. The Labute approximate surface area is 105 Å². The van der Waals surface area contributed by atoms with Gasteiger partial charge in [-0.2, -0.15) is 12.6 Å².